The molecule has 4 N–H and O–H groups in total. The van der Waals surface area contributed by atoms with Crippen molar-refractivity contribution in [3.05, 3.63) is 92.1 Å². The zero-order valence-electron chi connectivity index (χ0n) is 38.0. The Bertz CT molecular complexity index is 2910. The summed E-state index contributed by atoms with van der Waals surface area (Å²) in [6, 6.07) is 12.9. The van der Waals surface area contributed by atoms with Crippen LogP contribution in [-0.2, 0) is 36.4 Å². The van der Waals surface area contributed by atoms with Crippen molar-refractivity contribution in [2.45, 2.75) is 118 Å². The van der Waals surface area contributed by atoms with E-state index in [0.717, 1.165) is 19.3 Å². The molecule has 3 spiro atoms. The van der Waals surface area contributed by atoms with Crippen LogP contribution in [0.15, 0.2) is 59.4 Å². The molecule has 2 saturated carbocycles. The number of aryl methyl sites for hydroxylation is 1. The second kappa shape index (κ2) is 16.6. The number of hydrogen-bond acceptors (Lipinski definition) is 8. The fourth-order valence-corrected chi connectivity index (χ4v) is 13.8. The van der Waals surface area contributed by atoms with Gasteiger partial charge in [-0.05, 0) is 98.9 Å². The van der Waals surface area contributed by atoms with Gasteiger partial charge in [-0.25, -0.2) is 18.0 Å². The van der Waals surface area contributed by atoms with E-state index in [0.29, 0.717) is 71.5 Å². The van der Waals surface area contributed by atoms with Gasteiger partial charge in [0.1, 0.15) is 17.3 Å². The summed E-state index contributed by atoms with van der Waals surface area (Å²) in [4.78, 5) is 84.3. The maximum atomic E-state index is 16.4. The van der Waals surface area contributed by atoms with Crippen molar-refractivity contribution in [2.24, 2.45) is 18.4 Å². The lowest BCUT2D eigenvalue weighted by atomic mass is 9.55. The van der Waals surface area contributed by atoms with Crippen LogP contribution in [0.2, 0.25) is 10.0 Å². The number of rotatable bonds is 6. The van der Waals surface area contributed by atoms with Crippen molar-refractivity contribution in [1.82, 2.24) is 30.0 Å². The highest BCUT2D eigenvalue weighted by atomic mass is 35.5. The first-order valence-corrected chi connectivity index (χ1v) is 24.8. The smallest absolute Gasteiger partial charge is 0.329 e. The number of nitrogens with zero attached hydrogens (tertiary/aromatic N) is 4. The number of likely N-dealkylation sites (tertiary alicyclic amines) is 1. The zero-order chi connectivity index (χ0) is 48.4. The maximum Gasteiger partial charge on any atom is 0.329 e. The molecule has 364 valence electrons. The number of carbonyl (C=O) groups excluding carboxylic acids is 5. The van der Waals surface area contributed by atoms with Gasteiger partial charge in [0.2, 0.25) is 29.5 Å². The largest absolute Gasteiger partial charge is 0.370 e. The molecule has 19 heteroatoms. The predicted molar refractivity (Wildman–Crippen MR) is 252 cm³/mol. The average Bonchev–Trinajstić information content (AvgIpc) is 3.86. The number of amides is 5. The van der Waals surface area contributed by atoms with Crippen molar-refractivity contribution in [3.8, 4) is 0 Å². The third kappa shape index (κ3) is 6.97. The lowest BCUT2D eigenvalue weighted by Crippen LogP contribution is -2.71. The molecule has 14 nitrogen and oxygen atoms in total. The molecule has 4 aromatic rings. The summed E-state index contributed by atoms with van der Waals surface area (Å²) in [6.45, 7) is -0.383. The molecular formula is C50H53Cl2F3N8O6. The normalized spacial score (nSPS) is 29.0. The van der Waals surface area contributed by atoms with Gasteiger partial charge in [-0.3, -0.25) is 43.7 Å². The van der Waals surface area contributed by atoms with Gasteiger partial charge in [-0.15, -0.1) is 0 Å². The summed E-state index contributed by atoms with van der Waals surface area (Å²) >= 11 is 12.8. The first-order valence-electron chi connectivity index (χ1n) is 24.1. The number of nitrogens with one attached hydrogen (secondary N) is 4. The number of carbonyl (C=O) groups is 5. The average molecular weight is 990 g/mol. The third-order valence-electron chi connectivity index (χ3n) is 17.0. The Morgan fingerprint density at radius 1 is 0.841 bits per heavy atom. The minimum Gasteiger partial charge on any atom is -0.370 e. The molecule has 4 atom stereocenters. The monoisotopic (exact) mass is 988 g/mol. The predicted octanol–water partition coefficient (Wildman–Crippen LogP) is 6.46. The van der Waals surface area contributed by atoms with Crippen LogP contribution in [0.3, 0.4) is 0 Å². The molecule has 2 aliphatic carbocycles. The van der Waals surface area contributed by atoms with Crippen LogP contribution < -0.4 is 31.9 Å². The molecule has 69 heavy (non-hydrogen) atoms. The second-order valence-corrected chi connectivity index (χ2v) is 21.4. The van der Waals surface area contributed by atoms with E-state index in [1.54, 1.807) is 49.5 Å². The SMILES string of the molecule is Cn1c(=O)n(C2CCC(=O)NC2=O)c2ccc(N3CC4(CCN(C(=O)C5CCC(NC(=O)[C@@H]6NC7(CCCCC7)[C@@]7(C(=O)Nc8cc(Cl)ccc87)[C@H]6c6cccc(Cl)c6F)CC5)CC4(F)F)C3)cc21. The highest BCUT2D eigenvalue weighted by Crippen LogP contribution is 2.63. The number of imide groups is 1. The Morgan fingerprint density at radius 2 is 1.59 bits per heavy atom. The van der Waals surface area contributed by atoms with Crippen LogP contribution in [0.5, 0.6) is 0 Å². The van der Waals surface area contributed by atoms with Crippen LogP contribution in [0, 0.1) is 17.2 Å². The molecule has 11 rings (SSSR count). The van der Waals surface area contributed by atoms with Gasteiger partial charge in [0, 0.05) is 72.9 Å². The Kier molecular flexibility index (Phi) is 11.1. The van der Waals surface area contributed by atoms with Gasteiger partial charge in [0.15, 0.2) is 0 Å². The van der Waals surface area contributed by atoms with Crippen molar-refractivity contribution < 1.29 is 37.1 Å². The Labute approximate surface area is 405 Å². The number of benzene rings is 3. The van der Waals surface area contributed by atoms with E-state index in [1.165, 1.54) is 20.1 Å². The number of anilines is 2. The number of imidazole rings is 1. The highest BCUT2D eigenvalue weighted by molar-refractivity contribution is 6.31. The van der Waals surface area contributed by atoms with Gasteiger partial charge < -0.3 is 20.4 Å². The van der Waals surface area contributed by atoms with E-state index < -0.39 is 76.1 Å². The van der Waals surface area contributed by atoms with E-state index in [9.17, 15) is 28.8 Å². The maximum absolute atomic E-state index is 16.4. The molecule has 4 saturated heterocycles. The van der Waals surface area contributed by atoms with Crippen LogP contribution in [0.1, 0.15) is 100 Å². The summed E-state index contributed by atoms with van der Waals surface area (Å²) < 4.78 is 51.7. The van der Waals surface area contributed by atoms with Gasteiger partial charge in [0.05, 0.1) is 34.1 Å². The van der Waals surface area contributed by atoms with Gasteiger partial charge in [0.25, 0.3) is 5.92 Å². The first-order chi connectivity index (χ1) is 33.0. The van der Waals surface area contributed by atoms with Crippen LogP contribution >= 0.6 is 23.2 Å². The molecule has 6 heterocycles. The van der Waals surface area contributed by atoms with Gasteiger partial charge in [-0.2, -0.15) is 0 Å². The van der Waals surface area contributed by atoms with Crippen molar-refractivity contribution in [3.63, 3.8) is 0 Å². The number of alkyl halides is 2. The van der Waals surface area contributed by atoms with Crippen LogP contribution in [0.4, 0.5) is 24.5 Å². The molecular weight excluding hydrogens is 936 g/mol. The van der Waals surface area contributed by atoms with E-state index >= 15 is 13.2 Å². The minimum atomic E-state index is -3.17. The quantitative estimate of drug-likeness (QED) is 0.160. The molecule has 3 aromatic carbocycles. The molecule has 5 amide bonds. The van der Waals surface area contributed by atoms with Crippen molar-refractivity contribution >= 4 is 75.1 Å². The lowest BCUT2D eigenvalue weighted by molar-refractivity contribution is -0.188. The highest BCUT2D eigenvalue weighted by Gasteiger charge is 2.72. The number of fused-ring (bicyclic) bond motifs is 4. The number of aromatic nitrogens is 2. The first kappa shape index (κ1) is 46.0. The summed E-state index contributed by atoms with van der Waals surface area (Å²) in [5.41, 5.74) is -0.980. The van der Waals surface area contributed by atoms with Gasteiger partial charge in [-0.1, -0.05) is 60.7 Å². The number of piperidine rings is 2. The fourth-order valence-electron chi connectivity index (χ4n) is 13.5. The Balaban J connectivity index is 0.754. The molecule has 7 aliphatic rings. The fraction of sp³-hybridized carbons (Fsp3) is 0.520. The standard InChI is InChI=1S/C50H53Cl2F3N8O6/c1-60-37-23-30(13-15-35(37)63(46(60)69)36-16-17-38(64)58-42(36)65)62-24-47(25-62)20-21-61(26-49(47,54)55)44(67)27-8-11-29(12-9-27)56-43(66)41-39(31-6-5-7-33(52)40(31)53)50(48(59-41)18-3-2-4-19-48)32-14-10-28(51)22-34(32)57-45(50)68/h5-7,10,13-15,22-23,27,29,36,39,41,59H,2-4,8-9,11-12,16-21,24-26H2,1H3,(H,56,66)(H,57,68)(H,58,64,65)/t27?,29?,36?,39-,41+,50+/m0/s1. The number of halogens is 5. The third-order valence-corrected chi connectivity index (χ3v) is 17.5. The van der Waals surface area contributed by atoms with Crippen molar-refractivity contribution in [2.75, 3.05) is 36.4 Å². The van der Waals surface area contributed by atoms with Crippen LogP contribution in [0.25, 0.3) is 11.0 Å². The summed E-state index contributed by atoms with van der Waals surface area (Å²) in [5.74, 6) is -7.31. The zero-order valence-corrected chi connectivity index (χ0v) is 39.5. The van der Waals surface area contributed by atoms with E-state index in [4.69, 9.17) is 23.2 Å². The summed E-state index contributed by atoms with van der Waals surface area (Å²) in [6.07, 6.45) is 5.77. The molecule has 1 unspecified atom stereocenters. The molecule has 0 bridgehead atoms. The molecule has 5 aliphatic heterocycles. The topological polar surface area (TPSA) is 167 Å². The summed E-state index contributed by atoms with van der Waals surface area (Å²) in [7, 11) is 1.59. The van der Waals surface area contributed by atoms with Crippen LogP contribution in [-0.4, -0.2) is 93.3 Å². The van der Waals surface area contributed by atoms with E-state index in [1.807, 2.05) is 11.0 Å². The summed E-state index contributed by atoms with van der Waals surface area (Å²) in [5, 5.41) is 12.5. The second-order valence-electron chi connectivity index (χ2n) is 20.6. The Hall–Kier alpha value is -5.39. The lowest BCUT2D eigenvalue weighted by Gasteiger charge is -2.58. The van der Waals surface area contributed by atoms with Crippen molar-refractivity contribution in [1.29, 1.82) is 0 Å². The van der Waals surface area contributed by atoms with Gasteiger partial charge >= 0.3 is 5.69 Å². The molecule has 1 aromatic heterocycles. The molecule has 0 radical (unpaired) electrons. The van der Waals surface area contributed by atoms with E-state index in [-0.39, 0.29) is 73.2 Å². The Morgan fingerprint density at radius 3 is 2.32 bits per heavy atom. The minimum absolute atomic E-state index is 0.0641. The molecule has 6 fully saturated rings. The number of hydrogen-bond donors (Lipinski definition) is 4. The van der Waals surface area contributed by atoms with E-state index in [2.05, 4.69) is 21.3 Å².